The predicted molar refractivity (Wildman–Crippen MR) is 137 cm³/mol. The van der Waals surface area contributed by atoms with Crippen molar-refractivity contribution < 1.29 is 0 Å². The molecule has 0 atom stereocenters. The van der Waals surface area contributed by atoms with Gasteiger partial charge in [-0.2, -0.15) is 0 Å². The topological polar surface area (TPSA) is 16.1 Å². The molecule has 2 aromatic carbocycles. The van der Waals surface area contributed by atoms with E-state index < -0.39 is 0 Å². The van der Waals surface area contributed by atoms with Crippen LogP contribution in [-0.4, -0.2) is 23.0 Å². The van der Waals surface area contributed by atoms with Crippen LogP contribution < -0.4 is 0 Å². The second kappa shape index (κ2) is 8.43. The van der Waals surface area contributed by atoms with Crippen molar-refractivity contribution in [2.45, 2.75) is 76.7 Å². The Balaban J connectivity index is 1.30. The summed E-state index contributed by atoms with van der Waals surface area (Å²) in [6, 6.07) is 18.0. The first kappa shape index (κ1) is 21.9. The molecular formula is C29H36N2S. The molecule has 2 heterocycles. The van der Waals surface area contributed by atoms with Crippen molar-refractivity contribution in [1.82, 2.24) is 9.88 Å². The van der Waals surface area contributed by atoms with Crippen molar-refractivity contribution in [3.05, 3.63) is 75.6 Å². The molecule has 1 fully saturated rings. The molecule has 0 bridgehead atoms. The van der Waals surface area contributed by atoms with E-state index in [4.69, 9.17) is 4.98 Å². The number of fused-ring (bicyclic) bond motifs is 1. The molecule has 3 heteroatoms. The highest BCUT2D eigenvalue weighted by molar-refractivity contribution is 7.10. The minimum Gasteiger partial charge on any atom is -0.299 e. The summed E-state index contributed by atoms with van der Waals surface area (Å²) in [6.07, 6.45) is 4.94. The van der Waals surface area contributed by atoms with Gasteiger partial charge in [-0.15, -0.1) is 11.3 Å². The summed E-state index contributed by atoms with van der Waals surface area (Å²) >= 11 is 1.86. The Kier molecular flexibility index (Phi) is 5.75. The second-order valence-electron chi connectivity index (χ2n) is 11.1. The number of rotatable bonds is 4. The summed E-state index contributed by atoms with van der Waals surface area (Å²) in [4.78, 5) is 7.74. The van der Waals surface area contributed by atoms with Crippen LogP contribution in [0, 0.1) is 0 Å². The van der Waals surface area contributed by atoms with Crippen LogP contribution in [0.15, 0.2) is 53.9 Å². The molecule has 1 aliphatic carbocycles. The standard InChI is InChI=1S/C29H36N2S/c1-28(2)14-15-29(3,4)25-18-23(10-11-24(25)28)26-20-32-27(30-26)22-12-16-31(17-13-22)19-21-8-6-5-7-9-21/h5-11,18,20,22H,12-17,19H2,1-4H3. The summed E-state index contributed by atoms with van der Waals surface area (Å²) < 4.78 is 0. The highest BCUT2D eigenvalue weighted by Crippen LogP contribution is 2.47. The third kappa shape index (κ3) is 4.30. The maximum absolute atomic E-state index is 5.15. The zero-order valence-electron chi connectivity index (χ0n) is 20.0. The van der Waals surface area contributed by atoms with Gasteiger partial charge in [0.05, 0.1) is 10.7 Å². The molecule has 32 heavy (non-hydrogen) atoms. The second-order valence-corrected chi connectivity index (χ2v) is 12.0. The van der Waals surface area contributed by atoms with Gasteiger partial charge in [0.1, 0.15) is 0 Å². The molecule has 0 amide bonds. The van der Waals surface area contributed by atoms with Crippen LogP contribution in [0.2, 0.25) is 0 Å². The lowest BCUT2D eigenvalue weighted by molar-refractivity contribution is 0.204. The van der Waals surface area contributed by atoms with Gasteiger partial charge in [0.15, 0.2) is 0 Å². The molecule has 3 aromatic rings. The number of likely N-dealkylation sites (tertiary alicyclic amines) is 1. The van der Waals surface area contributed by atoms with Crippen LogP contribution in [-0.2, 0) is 17.4 Å². The van der Waals surface area contributed by atoms with E-state index in [9.17, 15) is 0 Å². The number of hydrogen-bond acceptors (Lipinski definition) is 3. The molecular weight excluding hydrogens is 408 g/mol. The molecule has 1 aliphatic heterocycles. The summed E-state index contributed by atoms with van der Waals surface area (Å²) in [7, 11) is 0. The van der Waals surface area contributed by atoms with Crippen molar-refractivity contribution in [3.8, 4) is 11.3 Å². The van der Waals surface area contributed by atoms with Crippen molar-refractivity contribution in [1.29, 1.82) is 0 Å². The van der Waals surface area contributed by atoms with E-state index in [1.807, 2.05) is 11.3 Å². The molecule has 0 spiro atoms. The fourth-order valence-corrected chi connectivity index (χ4v) is 6.54. The van der Waals surface area contributed by atoms with E-state index in [2.05, 4.69) is 86.5 Å². The highest BCUT2D eigenvalue weighted by atomic mass is 32.1. The minimum absolute atomic E-state index is 0.241. The van der Waals surface area contributed by atoms with Crippen LogP contribution in [0.5, 0.6) is 0 Å². The zero-order chi connectivity index (χ0) is 22.3. The third-order valence-corrected chi connectivity index (χ3v) is 8.86. The van der Waals surface area contributed by atoms with Crippen molar-refractivity contribution in [2.75, 3.05) is 13.1 Å². The fraction of sp³-hybridized carbons (Fsp3) is 0.483. The van der Waals surface area contributed by atoms with Gasteiger partial charge in [0, 0.05) is 23.4 Å². The van der Waals surface area contributed by atoms with Crippen molar-refractivity contribution in [2.24, 2.45) is 0 Å². The Morgan fingerprint density at radius 3 is 2.31 bits per heavy atom. The van der Waals surface area contributed by atoms with E-state index >= 15 is 0 Å². The number of thiazole rings is 1. The Morgan fingerprint density at radius 1 is 0.906 bits per heavy atom. The van der Waals surface area contributed by atoms with Crippen LogP contribution in [0.25, 0.3) is 11.3 Å². The zero-order valence-corrected chi connectivity index (χ0v) is 20.8. The maximum Gasteiger partial charge on any atom is 0.0964 e. The van der Waals surface area contributed by atoms with E-state index in [1.165, 1.54) is 58.6 Å². The highest BCUT2D eigenvalue weighted by Gasteiger charge is 2.37. The molecule has 168 valence electrons. The fourth-order valence-electron chi connectivity index (χ4n) is 5.54. The van der Waals surface area contributed by atoms with Crippen LogP contribution in [0.4, 0.5) is 0 Å². The maximum atomic E-state index is 5.15. The summed E-state index contributed by atoms with van der Waals surface area (Å²) in [5, 5.41) is 3.62. The summed E-state index contributed by atoms with van der Waals surface area (Å²) in [5.41, 5.74) is 7.43. The lowest BCUT2D eigenvalue weighted by Crippen LogP contribution is -2.33. The van der Waals surface area contributed by atoms with Crippen LogP contribution in [0.3, 0.4) is 0 Å². The average molecular weight is 445 g/mol. The molecule has 0 N–H and O–H groups in total. The normalized spacial score (nSPS) is 20.8. The Hall–Kier alpha value is -1.97. The SMILES string of the molecule is CC1(C)CCC(C)(C)c2cc(-c3csc(C4CCN(Cc5ccccc5)CC4)n3)ccc21. The summed E-state index contributed by atoms with van der Waals surface area (Å²) in [5.74, 6) is 0.605. The molecule has 1 aromatic heterocycles. The lowest BCUT2D eigenvalue weighted by Gasteiger charge is -2.42. The molecule has 2 nitrogen and oxygen atoms in total. The number of aromatic nitrogens is 1. The van der Waals surface area contributed by atoms with Gasteiger partial charge in [-0.1, -0.05) is 70.2 Å². The number of nitrogens with zero attached hydrogens (tertiary/aromatic N) is 2. The van der Waals surface area contributed by atoms with Crippen LogP contribution in [0.1, 0.15) is 81.0 Å². The minimum atomic E-state index is 0.241. The van der Waals surface area contributed by atoms with E-state index in [0.717, 1.165) is 19.6 Å². The van der Waals surface area contributed by atoms with E-state index in [-0.39, 0.29) is 10.8 Å². The van der Waals surface area contributed by atoms with E-state index in [0.29, 0.717) is 5.92 Å². The molecule has 5 rings (SSSR count). The Labute approximate surface area is 197 Å². The van der Waals surface area contributed by atoms with Gasteiger partial charge in [0.25, 0.3) is 0 Å². The quantitative estimate of drug-likeness (QED) is 0.413. The first-order chi connectivity index (χ1) is 15.3. The lowest BCUT2D eigenvalue weighted by atomic mass is 9.63. The average Bonchev–Trinajstić information content (AvgIpc) is 3.28. The molecule has 2 aliphatic rings. The van der Waals surface area contributed by atoms with Gasteiger partial charge >= 0.3 is 0 Å². The van der Waals surface area contributed by atoms with Crippen molar-refractivity contribution in [3.63, 3.8) is 0 Å². The first-order valence-electron chi connectivity index (χ1n) is 12.2. The van der Waals surface area contributed by atoms with Gasteiger partial charge in [-0.3, -0.25) is 4.90 Å². The number of piperidine rings is 1. The first-order valence-corrected chi connectivity index (χ1v) is 13.1. The summed E-state index contributed by atoms with van der Waals surface area (Å²) in [6.45, 7) is 13.0. The molecule has 0 unspecified atom stereocenters. The van der Waals surface area contributed by atoms with Crippen LogP contribution >= 0.6 is 11.3 Å². The predicted octanol–water partition coefficient (Wildman–Crippen LogP) is 7.54. The van der Waals surface area contributed by atoms with Gasteiger partial charge in [-0.05, 0) is 72.4 Å². The Bertz CT molecular complexity index is 1070. The monoisotopic (exact) mass is 444 g/mol. The number of hydrogen-bond donors (Lipinski definition) is 0. The largest absolute Gasteiger partial charge is 0.299 e. The molecule has 1 saturated heterocycles. The number of benzene rings is 2. The van der Waals surface area contributed by atoms with Gasteiger partial charge in [-0.25, -0.2) is 4.98 Å². The Morgan fingerprint density at radius 2 is 1.59 bits per heavy atom. The van der Waals surface area contributed by atoms with Gasteiger partial charge < -0.3 is 0 Å². The smallest absolute Gasteiger partial charge is 0.0964 e. The third-order valence-electron chi connectivity index (χ3n) is 7.86. The molecule has 0 saturated carbocycles. The van der Waals surface area contributed by atoms with Gasteiger partial charge in [0.2, 0.25) is 0 Å². The van der Waals surface area contributed by atoms with E-state index in [1.54, 1.807) is 0 Å². The molecule has 0 radical (unpaired) electrons. The van der Waals surface area contributed by atoms with Crippen molar-refractivity contribution >= 4 is 11.3 Å².